The van der Waals surface area contributed by atoms with Crippen molar-refractivity contribution in [3.05, 3.63) is 26.4 Å². The fraction of sp³-hybridized carbons (Fsp3) is 0.333. The summed E-state index contributed by atoms with van der Waals surface area (Å²) in [5, 5.41) is 3.06. The van der Waals surface area contributed by atoms with Gasteiger partial charge in [-0.15, -0.1) is 11.3 Å². The highest BCUT2D eigenvalue weighted by atomic mass is 79.9. The van der Waals surface area contributed by atoms with E-state index >= 15 is 0 Å². The summed E-state index contributed by atoms with van der Waals surface area (Å²) in [6, 6.07) is 2.08. The first-order valence-corrected chi connectivity index (χ1v) is 6.55. The summed E-state index contributed by atoms with van der Waals surface area (Å²) in [7, 11) is 0. The standard InChI is InChI=1S/C9H10Br2S/c1-2-7(6-10)5-9-8(11)3-4-12-9/h3-5H,2,6H2,1H3/b7-5-. The zero-order chi connectivity index (χ0) is 8.97. The Balaban J connectivity index is 2.85. The van der Waals surface area contributed by atoms with Gasteiger partial charge in [0.25, 0.3) is 0 Å². The summed E-state index contributed by atoms with van der Waals surface area (Å²) in [6.07, 6.45) is 3.35. The van der Waals surface area contributed by atoms with Gasteiger partial charge in [0.1, 0.15) is 0 Å². The molecule has 0 nitrogen and oxygen atoms in total. The number of halogens is 2. The van der Waals surface area contributed by atoms with Crippen LogP contribution in [-0.2, 0) is 0 Å². The lowest BCUT2D eigenvalue weighted by Gasteiger charge is -1.97. The number of alkyl halides is 1. The molecule has 0 amide bonds. The van der Waals surface area contributed by atoms with E-state index in [4.69, 9.17) is 0 Å². The van der Waals surface area contributed by atoms with Crippen molar-refractivity contribution in [3.8, 4) is 0 Å². The van der Waals surface area contributed by atoms with E-state index in [1.807, 2.05) is 0 Å². The monoisotopic (exact) mass is 308 g/mol. The van der Waals surface area contributed by atoms with Gasteiger partial charge in [0.2, 0.25) is 0 Å². The van der Waals surface area contributed by atoms with Gasteiger partial charge < -0.3 is 0 Å². The van der Waals surface area contributed by atoms with Crippen LogP contribution in [-0.4, -0.2) is 5.33 Å². The van der Waals surface area contributed by atoms with Crippen molar-refractivity contribution in [1.29, 1.82) is 0 Å². The van der Waals surface area contributed by atoms with Crippen molar-refractivity contribution in [2.45, 2.75) is 13.3 Å². The molecule has 1 heterocycles. The van der Waals surface area contributed by atoms with Crippen LogP contribution in [0.15, 0.2) is 21.5 Å². The molecule has 0 unspecified atom stereocenters. The highest BCUT2D eigenvalue weighted by Crippen LogP contribution is 2.26. The minimum absolute atomic E-state index is 0.966. The summed E-state index contributed by atoms with van der Waals surface area (Å²) in [6.45, 7) is 2.18. The molecule has 0 saturated heterocycles. The molecule has 0 spiro atoms. The summed E-state index contributed by atoms with van der Waals surface area (Å²) < 4.78 is 1.19. The normalized spacial score (nSPS) is 12.1. The number of hydrogen-bond donors (Lipinski definition) is 0. The van der Waals surface area contributed by atoms with Crippen molar-refractivity contribution >= 4 is 49.3 Å². The summed E-state index contributed by atoms with van der Waals surface area (Å²) in [4.78, 5) is 1.31. The SMILES string of the molecule is CC/C(=C/c1sccc1Br)CBr. The number of thiophene rings is 1. The Hall–Kier alpha value is 0.400. The van der Waals surface area contributed by atoms with Gasteiger partial charge in [0.15, 0.2) is 0 Å². The third kappa shape index (κ3) is 2.71. The lowest BCUT2D eigenvalue weighted by atomic mass is 10.2. The second kappa shape index (κ2) is 5.20. The van der Waals surface area contributed by atoms with Crippen LogP contribution in [0.1, 0.15) is 18.2 Å². The fourth-order valence-electron chi connectivity index (χ4n) is 0.829. The van der Waals surface area contributed by atoms with Gasteiger partial charge >= 0.3 is 0 Å². The van der Waals surface area contributed by atoms with E-state index in [1.165, 1.54) is 14.9 Å². The number of hydrogen-bond acceptors (Lipinski definition) is 1. The van der Waals surface area contributed by atoms with E-state index in [-0.39, 0.29) is 0 Å². The molecule has 12 heavy (non-hydrogen) atoms. The predicted octanol–water partition coefficient (Wildman–Crippen LogP) is 4.70. The first-order valence-electron chi connectivity index (χ1n) is 3.76. The number of rotatable bonds is 3. The van der Waals surface area contributed by atoms with Crippen LogP contribution in [0.5, 0.6) is 0 Å². The Morgan fingerprint density at radius 3 is 2.83 bits per heavy atom. The van der Waals surface area contributed by atoms with Crippen molar-refractivity contribution in [3.63, 3.8) is 0 Å². The molecule has 0 radical (unpaired) electrons. The second-order valence-corrected chi connectivity index (χ2v) is 4.79. The Morgan fingerprint density at radius 1 is 1.67 bits per heavy atom. The van der Waals surface area contributed by atoms with Gasteiger partial charge in [-0.05, 0) is 39.9 Å². The maximum Gasteiger partial charge on any atom is 0.0412 e. The first kappa shape index (κ1) is 10.5. The highest BCUT2D eigenvalue weighted by Gasteiger charge is 1.98. The lowest BCUT2D eigenvalue weighted by Crippen LogP contribution is -1.79. The summed E-state index contributed by atoms with van der Waals surface area (Å²) in [5.74, 6) is 0. The zero-order valence-corrected chi connectivity index (χ0v) is 10.8. The Morgan fingerprint density at radius 2 is 2.42 bits per heavy atom. The van der Waals surface area contributed by atoms with Crippen LogP contribution in [0.4, 0.5) is 0 Å². The van der Waals surface area contributed by atoms with Gasteiger partial charge in [-0.1, -0.05) is 28.4 Å². The maximum atomic E-state index is 3.50. The molecular formula is C9H10Br2S. The van der Waals surface area contributed by atoms with Gasteiger partial charge in [0.05, 0.1) is 0 Å². The molecule has 0 aromatic carbocycles. The zero-order valence-electron chi connectivity index (χ0n) is 6.81. The Kier molecular flexibility index (Phi) is 4.54. The molecule has 3 heteroatoms. The molecule has 0 bridgehead atoms. The molecule has 0 aliphatic carbocycles. The molecule has 0 N–H and O–H groups in total. The fourth-order valence-corrected chi connectivity index (χ4v) is 2.86. The lowest BCUT2D eigenvalue weighted by molar-refractivity contribution is 1.13. The van der Waals surface area contributed by atoms with E-state index in [2.05, 4.69) is 56.3 Å². The van der Waals surface area contributed by atoms with Crippen LogP contribution in [0.2, 0.25) is 0 Å². The van der Waals surface area contributed by atoms with Crippen LogP contribution >= 0.6 is 43.2 Å². The summed E-state index contributed by atoms with van der Waals surface area (Å²) >= 11 is 8.74. The van der Waals surface area contributed by atoms with E-state index in [1.54, 1.807) is 11.3 Å². The Labute approximate surface area is 93.9 Å². The van der Waals surface area contributed by atoms with Crippen molar-refractivity contribution in [1.82, 2.24) is 0 Å². The molecular weight excluding hydrogens is 300 g/mol. The Bertz CT molecular complexity index is 270. The highest BCUT2D eigenvalue weighted by molar-refractivity contribution is 9.10. The first-order chi connectivity index (χ1) is 5.77. The largest absolute Gasteiger partial charge is 0.143 e. The van der Waals surface area contributed by atoms with Gasteiger partial charge in [-0.2, -0.15) is 0 Å². The smallest absolute Gasteiger partial charge is 0.0412 e. The predicted molar refractivity (Wildman–Crippen MR) is 64.1 cm³/mol. The average molecular weight is 310 g/mol. The van der Waals surface area contributed by atoms with Gasteiger partial charge in [-0.25, -0.2) is 0 Å². The third-order valence-electron chi connectivity index (χ3n) is 1.61. The molecule has 1 aromatic rings. The van der Waals surface area contributed by atoms with Crippen LogP contribution in [0.3, 0.4) is 0 Å². The molecule has 0 aliphatic heterocycles. The van der Waals surface area contributed by atoms with Gasteiger partial charge in [-0.3, -0.25) is 0 Å². The van der Waals surface area contributed by atoms with E-state index in [9.17, 15) is 0 Å². The number of allylic oxidation sites excluding steroid dienone is 1. The molecule has 1 aromatic heterocycles. The van der Waals surface area contributed by atoms with Crippen molar-refractivity contribution in [2.24, 2.45) is 0 Å². The quantitative estimate of drug-likeness (QED) is 0.710. The molecule has 0 aliphatic rings. The van der Waals surface area contributed by atoms with E-state index in [0.29, 0.717) is 0 Å². The minimum Gasteiger partial charge on any atom is -0.143 e. The molecule has 1 rings (SSSR count). The second-order valence-electron chi connectivity index (χ2n) is 2.42. The van der Waals surface area contributed by atoms with E-state index in [0.717, 1.165) is 11.8 Å². The molecule has 66 valence electrons. The summed E-state index contributed by atoms with van der Waals surface area (Å²) in [5.41, 5.74) is 1.43. The van der Waals surface area contributed by atoms with E-state index < -0.39 is 0 Å². The molecule has 0 atom stereocenters. The van der Waals surface area contributed by atoms with Crippen molar-refractivity contribution in [2.75, 3.05) is 5.33 Å². The van der Waals surface area contributed by atoms with Crippen LogP contribution in [0.25, 0.3) is 6.08 Å². The van der Waals surface area contributed by atoms with Crippen LogP contribution < -0.4 is 0 Å². The maximum absolute atomic E-state index is 3.50. The van der Waals surface area contributed by atoms with Crippen molar-refractivity contribution < 1.29 is 0 Å². The third-order valence-corrected chi connectivity index (χ3v) is 4.14. The van der Waals surface area contributed by atoms with Gasteiger partial charge in [0, 0.05) is 14.7 Å². The minimum atomic E-state index is 0.966. The topological polar surface area (TPSA) is 0 Å². The molecule has 0 fully saturated rings. The molecule has 0 saturated carbocycles. The van der Waals surface area contributed by atoms with Crippen LogP contribution in [0, 0.1) is 0 Å². The average Bonchev–Trinajstić information content (AvgIpc) is 2.47.